The maximum Gasteiger partial charge on any atom is 0.306 e. The Morgan fingerprint density at radius 1 is 0.509 bits per heavy atom. The molecule has 4 atom stereocenters. The van der Waals surface area contributed by atoms with Crippen LogP contribution < -0.4 is 0 Å². The van der Waals surface area contributed by atoms with E-state index < -0.39 is 24.4 Å². The highest BCUT2D eigenvalue weighted by molar-refractivity contribution is 5.69. The van der Waals surface area contributed by atoms with Crippen LogP contribution in [-0.2, 0) is 23.8 Å². The molecule has 1 fully saturated rings. The van der Waals surface area contributed by atoms with Gasteiger partial charge in [-0.1, -0.05) is 219 Å². The van der Waals surface area contributed by atoms with E-state index in [1.54, 1.807) is 0 Å². The number of carbonyl (C=O) groups excluding carboxylic acids is 2. The van der Waals surface area contributed by atoms with Crippen molar-refractivity contribution >= 4 is 11.9 Å². The molecular formula is C46H88O7. The summed E-state index contributed by atoms with van der Waals surface area (Å²) in [5, 5.41) is 21.1. The molecule has 0 spiro atoms. The van der Waals surface area contributed by atoms with Gasteiger partial charge in [0.15, 0.2) is 6.10 Å². The zero-order valence-corrected chi connectivity index (χ0v) is 35.1. The average molecular weight is 753 g/mol. The zero-order chi connectivity index (χ0) is 38.5. The van der Waals surface area contributed by atoms with Crippen molar-refractivity contribution in [3.8, 4) is 0 Å². The summed E-state index contributed by atoms with van der Waals surface area (Å²) in [7, 11) is 0. The molecule has 7 nitrogen and oxygen atoms in total. The Labute approximate surface area is 327 Å². The molecular weight excluding hydrogens is 664 g/mol. The lowest BCUT2D eigenvalue weighted by atomic mass is 10.0. The molecule has 1 aliphatic heterocycles. The lowest BCUT2D eigenvalue weighted by Gasteiger charge is -2.22. The van der Waals surface area contributed by atoms with Gasteiger partial charge in [-0.15, -0.1) is 0 Å². The molecule has 2 N–H and O–H groups in total. The summed E-state index contributed by atoms with van der Waals surface area (Å²) in [4.78, 5) is 24.6. The molecule has 1 heterocycles. The third-order valence-electron chi connectivity index (χ3n) is 11.2. The number of unbranched alkanes of at least 4 members (excludes halogenated alkanes) is 32. The maximum absolute atomic E-state index is 12.4. The average Bonchev–Trinajstić information content (AvgIpc) is 3.52. The molecule has 0 aromatic heterocycles. The molecule has 0 radical (unpaired) electrons. The number of ether oxygens (including phenoxy) is 3. The predicted molar refractivity (Wildman–Crippen MR) is 220 cm³/mol. The van der Waals surface area contributed by atoms with Gasteiger partial charge < -0.3 is 24.4 Å². The first-order valence-electron chi connectivity index (χ1n) is 23.3. The van der Waals surface area contributed by atoms with Gasteiger partial charge in [0, 0.05) is 12.8 Å². The van der Waals surface area contributed by atoms with E-state index in [4.69, 9.17) is 14.2 Å². The fraction of sp³-hybridized carbons (Fsp3) is 0.957. The van der Waals surface area contributed by atoms with Gasteiger partial charge in [0.1, 0.15) is 24.9 Å². The number of hydrogen-bond donors (Lipinski definition) is 2. The van der Waals surface area contributed by atoms with E-state index in [-0.39, 0.29) is 25.2 Å². The van der Waals surface area contributed by atoms with Gasteiger partial charge in [-0.2, -0.15) is 0 Å². The van der Waals surface area contributed by atoms with Gasteiger partial charge in [-0.05, 0) is 12.8 Å². The zero-order valence-electron chi connectivity index (χ0n) is 35.1. The smallest absolute Gasteiger partial charge is 0.306 e. The van der Waals surface area contributed by atoms with Gasteiger partial charge in [-0.25, -0.2) is 0 Å². The van der Waals surface area contributed by atoms with Crippen molar-refractivity contribution in [2.24, 2.45) is 0 Å². The molecule has 0 aromatic rings. The van der Waals surface area contributed by atoms with E-state index in [0.717, 1.165) is 38.5 Å². The Bertz CT molecular complexity index is 805. The summed E-state index contributed by atoms with van der Waals surface area (Å²) in [5.74, 6) is -0.677. The van der Waals surface area contributed by atoms with E-state index in [9.17, 15) is 19.8 Å². The quantitative estimate of drug-likeness (QED) is 0.0474. The van der Waals surface area contributed by atoms with E-state index in [0.29, 0.717) is 12.8 Å². The number of carbonyl (C=O) groups is 2. The molecule has 1 saturated heterocycles. The van der Waals surface area contributed by atoms with Crippen molar-refractivity contribution in [2.45, 2.75) is 269 Å². The first kappa shape index (κ1) is 49.8. The lowest BCUT2D eigenvalue weighted by Crippen LogP contribution is -2.42. The molecule has 0 saturated carbocycles. The summed E-state index contributed by atoms with van der Waals surface area (Å²) in [6, 6.07) is 0. The minimum absolute atomic E-state index is 0.0287. The second kappa shape index (κ2) is 37.7. The van der Waals surface area contributed by atoms with Crippen LogP contribution in [-0.4, -0.2) is 59.8 Å². The molecule has 1 aliphatic rings. The van der Waals surface area contributed by atoms with Crippen molar-refractivity contribution in [1.29, 1.82) is 0 Å². The minimum atomic E-state index is -1.17. The molecule has 0 bridgehead atoms. The monoisotopic (exact) mass is 753 g/mol. The molecule has 0 amide bonds. The van der Waals surface area contributed by atoms with Crippen LogP contribution >= 0.6 is 0 Å². The van der Waals surface area contributed by atoms with Crippen molar-refractivity contribution in [3.63, 3.8) is 0 Å². The van der Waals surface area contributed by atoms with Crippen LogP contribution in [0.5, 0.6) is 0 Å². The van der Waals surface area contributed by atoms with Crippen LogP contribution in [0.15, 0.2) is 0 Å². The maximum atomic E-state index is 12.4. The Kier molecular flexibility index (Phi) is 35.5. The van der Waals surface area contributed by atoms with Crippen LogP contribution in [0.3, 0.4) is 0 Å². The van der Waals surface area contributed by atoms with Crippen LogP contribution in [0.2, 0.25) is 0 Å². The van der Waals surface area contributed by atoms with Crippen molar-refractivity contribution in [2.75, 3.05) is 13.2 Å². The van der Waals surface area contributed by atoms with Crippen LogP contribution in [0.4, 0.5) is 0 Å². The fourth-order valence-corrected chi connectivity index (χ4v) is 7.62. The third kappa shape index (κ3) is 30.7. The first-order valence-corrected chi connectivity index (χ1v) is 23.3. The minimum Gasteiger partial charge on any atom is -0.463 e. The topological polar surface area (TPSA) is 102 Å². The largest absolute Gasteiger partial charge is 0.463 e. The fourth-order valence-electron chi connectivity index (χ4n) is 7.62. The van der Waals surface area contributed by atoms with Gasteiger partial charge in [0.2, 0.25) is 0 Å². The van der Waals surface area contributed by atoms with Crippen LogP contribution in [0.1, 0.15) is 245 Å². The Hall–Kier alpha value is -1.18. The molecule has 1 rings (SSSR count). The highest BCUT2D eigenvalue weighted by Gasteiger charge is 2.42. The Balaban J connectivity index is 1.92. The standard InChI is InChI=1S/C46H88O7/c1-3-5-7-9-11-13-15-17-19-20-21-22-24-26-28-30-32-34-36-38-44(49)53-42-40-52-46(45(42)50)41(47)39-51-43(48)37-35-33-31-29-27-25-23-18-16-14-12-10-8-6-4-2/h41-42,45-47,50H,3-40H2,1-2H3/t41-,42+,45-,46-/m1/s1. The van der Waals surface area contributed by atoms with E-state index in [1.807, 2.05) is 0 Å². The van der Waals surface area contributed by atoms with Gasteiger partial charge in [-0.3, -0.25) is 9.59 Å². The normalized spacial score (nSPS) is 17.7. The van der Waals surface area contributed by atoms with Gasteiger partial charge in [0.25, 0.3) is 0 Å². The lowest BCUT2D eigenvalue weighted by molar-refractivity contribution is -0.154. The third-order valence-corrected chi connectivity index (χ3v) is 11.2. The number of esters is 2. The predicted octanol–water partition coefficient (Wildman–Crippen LogP) is 12.6. The molecule has 314 valence electrons. The van der Waals surface area contributed by atoms with Crippen molar-refractivity contribution < 1.29 is 34.0 Å². The number of aliphatic hydroxyl groups excluding tert-OH is 2. The van der Waals surface area contributed by atoms with Crippen LogP contribution in [0.25, 0.3) is 0 Å². The first-order chi connectivity index (χ1) is 26.0. The summed E-state index contributed by atoms with van der Waals surface area (Å²) < 4.78 is 16.3. The van der Waals surface area contributed by atoms with Gasteiger partial charge >= 0.3 is 11.9 Å². The number of aliphatic hydroxyl groups is 2. The van der Waals surface area contributed by atoms with E-state index >= 15 is 0 Å². The molecule has 0 aromatic carbocycles. The highest BCUT2D eigenvalue weighted by atomic mass is 16.6. The molecule has 0 aliphatic carbocycles. The van der Waals surface area contributed by atoms with Crippen molar-refractivity contribution in [1.82, 2.24) is 0 Å². The Morgan fingerprint density at radius 2 is 0.811 bits per heavy atom. The summed E-state index contributed by atoms with van der Waals surface area (Å²) in [6.07, 6.45) is 40.6. The second-order valence-corrected chi connectivity index (χ2v) is 16.4. The Morgan fingerprint density at radius 3 is 1.15 bits per heavy atom. The van der Waals surface area contributed by atoms with Gasteiger partial charge in [0.05, 0.1) is 6.61 Å². The van der Waals surface area contributed by atoms with Crippen molar-refractivity contribution in [3.05, 3.63) is 0 Å². The summed E-state index contributed by atoms with van der Waals surface area (Å²) in [6.45, 7) is 4.34. The highest BCUT2D eigenvalue weighted by Crippen LogP contribution is 2.22. The van der Waals surface area contributed by atoms with E-state index in [1.165, 1.54) is 180 Å². The second-order valence-electron chi connectivity index (χ2n) is 16.4. The van der Waals surface area contributed by atoms with Crippen LogP contribution in [0, 0.1) is 0 Å². The summed E-state index contributed by atoms with van der Waals surface area (Å²) in [5.41, 5.74) is 0. The van der Waals surface area contributed by atoms with E-state index in [2.05, 4.69) is 13.8 Å². The summed E-state index contributed by atoms with van der Waals surface area (Å²) >= 11 is 0. The molecule has 53 heavy (non-hydrogen) atoms. The number of hydrogen-bond acceptors (Lipinski definition) is 7. The molecule has 0 unspecified atom stereocenters. The SMILES string of the molecule is CCCCCCCCCCCCCCCCCCCCCC(=O)O[C@H]1CO[C@H]([C@H](O)COC(=O)CCCCCCCCCCCCCCCCC)[C@@H]1O. The molecule has 7 heteroatoms. The number of rotatable bonds is 40.